The van der Waals surface area contributed by atoms with E-state index in [4.69, 9.17) is 26.7 Å². The zero-order valence-electron chi connectivity index (χ0n) is 22.6. The van der Waals surface area contributed by atoms with Gasteiger partial charge >= 0.3 is 12.1 Å². The number of hydrogen-bond acceptors (Lipinski definition) is 9. The molecule has 0 aliphatic heterocycles. The summed E-state index contributed by atoms with van der Waals surface area (Å²) in [4.78, 5) is 51.0. The number of carbonyl (C=O) groups is 4. The molecule has 2 amide bonds. The van der Waals surface area contributed by atoms with E-state index in [-0.39, 0.29) is 12.2 Å². The second-order valence-corrected chi connectivity index (χ2v) is 10.0. The number of unbranched alkanes of at least 4 members (excludes halogenated alkanes) is 3. The molecule has 0 radical (unpaired) electrons. The molecular weight excluding hydrogens is 466 g/mol. The van der Waals surface area contributed by atoms with Crippen LogP contribution >= 0.6 is 0 Å². The van der Waals surface area contributed by atoms with Crippen molar-refractivity contribution in [2.75, 3.05) is 26.7 Å². The minimum atomic E-state index is -0.818. The normalized spacial score (nSPS) is 13.9. The first-order valence-corrected chi connectivity index (χ1v) is 13.0. The van der Waals surface area contributed by atoms with E-state index < -0.39 is 41.6 Å². The van der Waals surface area contributed by atoms with Crippen LogP contribution in [0, 0.1) is 5.92 Å². The highest BCUT2D eigenvalue weighted by atomic mass is 16.6. The van der Waals surface area contributed by atoms with E-state index in [0.29, 0.717) is 77.4 Å². The number of Topliss-reactive ketones (excluding diaryl/α,β-unsaturated/α-hetero) is 1. The summed E-state index contributed by atoms with van der Waals surface area (Å²) in [5, 5.41) is 5.41. The number of esters is 1. The van der Waals surface area contributed by atoms with Crippen LogP contribution in [0.4, 0.5) is 4.79 Å². The molecule has 11 nitrogen and oxygen atoms in total. The third kappa shape index (κ3) is 15.7. The Bertz CT molecular complexity index is 668. The van der Waals surface area contributed by atoms with Gasteiger partial charge in [-0.15, -0.1) is 0 Å². The number of ketones is 1. The second kappa shape index (κ2) is 18.9. The van der Waals surface area contributed by atoms with Crippen LogP contribution in [0.3, 0.4) is 0 Å². The summed E-state index contributed by atoms with van der Waals surface area (Å²) in [6.07, 6.45) is 4.46. The first-order valence-electron chi connectivity index (χ1n) is 13.0. The van der Waals surface area contributed by atoms with E-state index in [2.05, 4.69) is 10.6 Å². The Hall–Kier alpha value is -2.24. The van der Waals surface area contributed by atoms with Crippen LogP contribution in [0.2, 0.25) is 0 Å². The lowest BCUT2D eigenvalue weighted by atomic mass is 9.90. The monoisotopic (exact) mass is 515 g/mol. The Labute approximate surface area is 215 Å². The molecule has 0 rings (SSSR count). The van der Waals surface area contributed by atoms with Crippen LogP contribution < -0.4 is 27.8 Å². The van der Waals surface area contributed by atoms with Gasteiger partial charge in [-0.3, -0.25) is 9.59 Å². The molecule has 0 spiro atoms. The van der Waals surface area contributed by atoms with Crippen molar-refractivity contribution in [1.82, 2.24) is 10.6 Å². The summed E-state index contributed by atoms with van der Waals surface area (Å²) in [6, 6.07) is -1.63. The molecule has 3 atom stereocenters. The van der Waals surface area contributed by atoms with Crippen LogP contribution in [-0.2, 0) is 23.9 Å². The number of nitrogens with one attached hydrogen (secondary N) is 2. The van der Waals surface area contributed by atoms with E-state index >= 15 is 0 Å². The zero-order chi connectivity index (χ0) is 27.6. The highest BCUT2D eigenvalue weighted by Crippen LogP contribution is 2.18. The molecule has 0 saturated heterocycles. The summed E-state index contributed by atoms with van der Waals surface area (Å²) in [6.45, 7) is 6.63. The highest BCUT2D eigenvalue weighted by molar-refractivity contribution is 5.92. The predicted octanol–water partition coefficient (Wildman–Crippen LogP) is 1.50. The first kappa shape index (κ1) is 33.8. The lowest BCUT2D eigenvalue weighted by molar-refractivity contribution is -0.146. The van der Waals surface area contributed by atoms with Crippen molar-refractivity contribution in [3.05, 3.63) is 0 Å². The number of alkyl carbamates (subject to hydrolysis) is 1. The molecule has 0 aromatic carbocycles. The molecule has 0 aromatic rings. The van der Waals surface area contributed by atoms with Gasteiger partial charge in [-0.1, -0.05) is 6.42 Å². The van der Waals surface area contributed by atoms with Crippen molar-refractivity contribution < 1.29 is 28.7 Å². The third-order valence-electron chi connectivity index (χ3n) is 5.60. The van der Waals surface area contributed by atoms with E-state index in [1.165, 1.54) is 7.11 Å². The third-order valence-corrected chi connectivity index (χ3v) is 5.60. The molecule has 36 heavy (non-hydrogen) atoms. The first-order chi connectivity index (χ1) is 17.0. The molecule has 1 unspecified atom stereocenters. The van der Waals surface area contributed by atoms with Gasteiger partial charge in [-0.25, -0.2) is 9.59 Å². The largest absolute Gasteiger partial charge is 0.467 e. The molecule has 0 aliphatic rings. The molecular formula is C25H49N5O6. The fourth-order valence-electron chi connectivity index (χ4n) is 3.68. The van der Waals surface area contributed by atoms with Crippen molar-refractivity contribution in [3.8, 4) is 0 Å². The highest BCUT2D eigenvalue weighted by Gasteiger charge is 2.31. The van der Waals surface area contributed by atoms with E-state index in [1.807, 2.05) is 0 Å². The predicted molar refractivity (Wildman–Crippen MR) is 139 cm³/mol. The van der Waals surface area contributed by atoms with Crippen LogP contribution in [0.25, 0.3) is 0 Å². The number of nitrogens with two attached hydrogens (primary N) is 3. The Morgan fingerprint density at radius 1 is 0.750 bits per heavy atom. The Balaban J connectivity index is 5.52. The molecule has 11 heteroatoms. The van der Waals surface area contributed by atoms with Crippen molar-refractivity contribution in [2.24, 2.45) is 23.1 Å². The SMILES string of the molecule is COC(=O)C(CCCCN)NC(=O)[C@H](CCCCN)CC(=O)[C@@H](CCCCN)NC(=O)OC(C)(C)C. The quantitative estimate of drug-likeness (QED) is 0.125. The molecule has 210 valence electrons. The average Bonchev–Trinajstić information content (AvgIpc) is 2.80. The maximum atomic E-state index is 13.3. The molecule has 0 aliphatic carbocycles. The Kier molecular flexibility index (Phi) is 17.8. The van der Waals surface area contributed by atoms with Gasteiger partial charge in [0.25, 0.3) is 0 Å². The minimum Gasteiger partial charge on any atom is -0.467 e. The van der Waals surface area contributed by atoms with Crippen molar-refractivity contribution in [3.63, 3.8) is 0 Å². The second-order valence-electron chi connectivity index (χ2n) is 10.0. The van der Waals surface area contributed by atoms with E-state index in [0.717, 1.165) is 0 Å². The van der Waals surface area contributed by atoms with Crippen molar-refractivity contribution in [2.45, 2.75) is 103 Å². The molecule has 8 N–H and O–H groups in total. The number of hydrogen-bond donors (Lipinski definition) is 5. The minimum absolute atomic E-state index is 0.0871. The summed E-state index contributed by atoms with van der Waals surface area (Å²) in [7, 11) is 1.26. The Morgan fingerprint density at radius 3 is 1.72 bits per heavy atom. The fraction of sp³-hybridized carbons (Fsp3) is 0.840. The molecule has 0 heterocycles. The topological polar surface area (TPSA) is 189 Å². The molecule has 0 bridgehead atoms. The van der Waals surface area contributed by atoms with Gasteiger partial charge in [-0.05, 0) is 91.8 Å². The van der Waals surface area contributed by atoms with Gasteiger partial charge in [0.2, 0.25) is 5.91 Å². The van der Waals surface area contributed by atoms with Crippen LogP contribution in [0.5, 0.6) is 0 Å². The lowest BCUT2D eigenvalue weighted by Crippen LogP contribution is -2.47. The number of methoxy groups -OCH3 is 1. The van der Waals surface area contributed by atoms with Gasteiger partial charge in [0.05, 0.1) is 13.2 Å². The van der Waals surface area contributed by atoms with Crippen LogP contribution in [0.1, 0.15) is 85.0 Å². The maximum absolute atomic E-state index is 13.3. The van der Waals surface area contributed by atoms with E-state index in [1.54, 1.807) is 20.8 Å². The molecule has 0 fully saturated rings. The maximum Gasteiger partial charge on any atom is 0.408 e. The number of amides is 2. The fourth-order valence-corrected chi connectivity index (χ4v) is 3.68. The summed E-state index contributed by atoms with van der Waals surface area (Å²) >= 11 is 0. The zero-order valence-corrected chi connectivity index (χ0v) is 22.6. The Morgan fingerprint density at radius 2 is 1.25 bits per heavy atom. The van der Waals surface area contributed by atoms with E-state index in [9.17, 15) is 19.2 Å². The smallest absolute Gasteiger partial charge is 0.408 e. The number of carbonyl (C=O) groups excluding carboxylic acids is 4. The number of rotatable bonds is 19. The van der Waals surface area contributed by atoms with Gasteiger partial charge in [-0.2, -0.15) is 0 Å². The summed E-state index contributed by atoms with van der Waals surface area (Å²) in [5.41, 5.74) is 16.0. The summed E-state index contributed by atoms with van der Waals surface area (Å²) in [5.74, 6) is -1.90. The number of ether oxygens (including phenoxy) is 2. The standard InChI is InChI=1S/C25H49N5O6/c1-25(2,3)36-24(34)30-19(12-6-9-15-27)21(31)17-18(11-5-8-14-26)22(32)29-20(23(33)35-4)13-7-10-16-28/h18-20H,5-17,26-28H2,1-4H3,(H,29,32)(H,30,34)/t18-,19-,20?/m1/s1. The van der Waals surface area contributed by atoms with Gasteiger partial charge in [0.15, 0.2) is 5.78 Å². The molecule has 0 saturated carbocycles. The summed E-state index contributed by atoms with van der Waals surface area (Å²) < 4.78 is 10.2. The van der Waals surface area contributed by atoms with Crippen LogP contribution in [-0.4, -0.2) is 68.2 Å². The van der Waals surface area contributed by atoms with Crippen molar-refractivity contribution in [1.29, 1.82) is 0 Å². The van der Waals surface area contributed by atoms with Crippen LogP contribution in [0.15, 0.2) is 0 Å². The van der Waals surface area contributed by atoms with Gasteiger partial charge in [0.1, 0.15) is 11.6 Å². The van der Waals surface area contributed by atoms with Gasteiger partial charge in [0, 0.05) is 12.3 Å². The van der Waals surface area contributed by atoms with Crippen molar-refractivity contribution >= 4 is 23.8 Å². The van der Waals surface area contributed by atoms with Gasteiger partial charge < -0.3 is 37.3 Å². The lowest BCUT2D eigenvalue weighted by Gasteiger charge is -2.25. The molecule has 0 aromatic heterocycles. The average molecular weight is 516 g/mol.